The summed E-state index contributed by atoms with van der Waals surface area (Å²) in [6.45, 7) is -0.965. The molecule has 0 aromatic rings. The summed E-state index contributed by atoms with van der Waals surface area (Å²) in [6.07, 6.45) is -9.76. The molecule has 0 amide bonds. The number of hydrogen-bond acceptors (Lipinski definition) is 10. The molecule has 1 aliphatic rings. The summed E-state index contributed by atoms with van der Waals surface area (Å²) in [5.74, 6) is -1.07. The number of esters is 1. The fraction of sp³-hybridized carbons (Fsp3) is 0.923. The Morgan fingerprint density at radius 1 is 1.30 bits per heavy atom. The van der Waals surface area contributed by atoms with Crippen molar-refractivity contribution in [2.45, 2.75) is 55.8 Å². The van der Waals surface area contributed by atoms with E-state index in [4.69, 9.17) is 19.7 Å². The maximum absolute atomic E-state index is 11.3. The van der Waals surface area contributed by atoms with Crippen molar-refractivity contribution in [3.05, 3.63) is 0 Å². The molecule has 1 saturated heterocycles. The third kappa shape index (κ3) is 5.33. The Bertz CT molecular complexity index is 365. The fourth-order valence-corrected chi connectivity index (χ4v) is 2.26. The minimum absolute atomic E-state index is 0.127. The highest BCUT2D eigenvalue weighted by Crippen LogP contribution is 2.24. The third-order valence-corrected chi connectivity index (χ3v) is 3.60. The van der Waals surface area contributed by atoms with E-state index in [-0.39, 0.29) is 12.8 Å². The summed E-state index contributed by atoms with van der Waals surface area (Å²) in [6, 6.07) is 0. The second-order valence-corrected chi connectivity index (χ2v) is 5.23. The van der Waals surface area contributed by atoms with Crippen LogP contribution in [0.15, 0.2) is 0 Å². The highest BCUT2D eigenvalue weighted by molar-refractivity contribution is 5.75. The van der Waals surface area contributed by atoms with Gasteiger partial charge in [0.15, 0.2) is 12.4 Å². The second-order valence-electron chi connectivity index (χ2n) is 5.23. The van der Waals surface area contributed by atoms with Crippen LogP contribution in [-0.4, -0.2) is 99.8 Å². The molecule has 7 unspecified atom stereocenters. The van der Waals surface area contributed by atoms with Crippen LogP contribution in [0.4, 0.5) is 0 Å². The van der Waals surface area contributed by atoms with Crippen LogP contribution >= 0.6 is 0 Å². The zero-order valence-corrected chi connectivity index (χ0v) is 12.7. The average Bonchev–Trinajstić information content (AvgIpc) is 2.55. The number of ether oxygens (including phenoxy) is 3. The van der Waals surface area contributed by atoms with E-state index in [2.05, 4.69) is 4.74 Å². The number of aliphatic hydroxyl groups excluding tert-OH is 6. The van der Waals surface area contributed by atoms with Gasteiger partial charge in [-0.3, -0.25) is 0 Å². The summed E-state index contributed by atoms with van der Waals surface area (Å²) in [7, 11) is 1.04. The van der Waals surface area contributed by atoms with Crippen molar-refractivity contribution in [1.29, 1.82) is 0 Å². The largest absolute Gasteiger partial charge is 0.467 e. The van der Waals surface area contributed by atoms with Gasteiger partial charge in [-0.15, -0.1) is 0 Å². The van der Waals surface area contributed by atoms with E-state index in [1.165, 1.54) is 0 Å². The predicted octanol–water partition coefficient (Wildman–Crippen LogP) is -3.52. The monoisotopic (exact) mass is 340 g/mol. The Balaban J connectivity index is 2.73. The van der Waals surface area contributed by atoms with Crippen LogP contribution in [-0.2, 0) is 19.0 Å². The third-order valence-electron chi connectivity index (χ3n) is 3.60. The molecule has 23 heavy (non-hydrogen) atoms. The Labute approximate surface area is 132 Å². The molecule has 10 nitrogen and oxygen atoms in total. The lowest BCUT2D eigenvalue weighted by atomic mass is 10.0. The minimum atomic E-state index is -1.88. The van der Waals surface area contributed by atoms with E-state index < -0.39 is 62.1 Å². The molecule has 7 atom stereocenters. The number of rotatable bonds is 8. The Morgan fingerprint density at radius 2 is 1.96 bits per heavy atom. The zero-order valence-electron chi connectivity index (χ0n) is 12.7. The summed E-state index contributed by atoms with van der Waals surface area (Å²) < 4.78 is 14.9. The van der Waals surface area contributed by atoms with Crippen LogP contribution in [0, 0.1) is 0 Å². The average molecular weight is 340 g/mol. The van der Waals surface area contributed by atoms with Gasteiger partial charge in [0.05, 0.1) is 25.9 Å². The molecule has 0 aromatic heterocycles. The number of carbonyl (C=O) groups excluding carboxylic acids is 1. The SMILES string of the molecule is COC(=O)C(O)C(O)C(CCO)OC1CC(O)C(O)C(CO)O1. The number of methoxy groups -OCH3 is 1. The topological polar surface area (TPSA) is 166 Å². The molecular weight excluding hydrogens is 316 g/mol. The van der Waals surface area contributed by atoms with Crippen LogP contribution < -0.4 is 0 Å². The van der Waals surface area contributed by atoms with Gasteiger partial charge in [0.1, 0.15) is 18.3 Å². The number of aliphatic hydroxyl groups is 6. The van der Waals surface area contributed by atoms with Gasteiger partial charge in [-0.05, 0) is 6.42 Å². The molecule has 6 N–H and O–H groups in total. The highest BCUT2D eigenvalue weighted by atomic mass is 16.7. The van der Waals surface area contributed by atoms with Crippen molar-refractivity contribution < 1.29 is 49.6 Å². The first-order valence-corrected chi connectivity index (χ1v) is 7.18. The molecule has 0 aromatic carbocycles. The molecule has 0 saturated carbocycles. The number of carbonyl (C=O) groups is 1. The predicted molar refractivity (Wildman–Crippen MR) is 73.0 cm³/mol. The molecular formula is C13H24O10. The molecule has 0 radical (unpaired) electrons. The number of hydrogen-bond donors (Lipinski definition) is 6. The summed E-state index contributed by atoms with van der Waals surface area (Å²) in [4.78, 5) is 11.3. The van der Waals surface area contributed by atoms with Crippen LogP contribution in [0.2, 0.25) is 0 Å². The van der Waals surface area contributed by atoms with E-state index in [0.717, 1.165) is 7.11 Å². The van der Waals surface area contributed by atoms with Gasteiger partial charge >= 0.3 is 5.97 Å². The molecule has 1 aliphatic heterocycles. The molecule has 0 spiro atoms. The van der Waals surface area contributed by atoms with Crippen molar-refractivity contribution in [1.82, 2.24) is 0 Å². The van der Waals surface area contributed by atoms with Crippen LogP contribution in [0.5, 0.6) is 0 Å². The summed E-state index contributed by atoms with van der Waals surface area (Å²) in [5, 5.41) is 57.1. The molecule has 136 valence electrons. The summed E-state index contributed by atoms with van der Waals surface area (Å²) >= 11 is 0. The first-order valence-electron chi connectivity index (χ1n) is 7.18. The Hall–Kier alpha value is -0.850. The lowest BCUT2D eigenvalue weighted by Crippen LogP contribution is -2.53. The van der Waals surface area contributed by atoms with Crippen molar-refractivity contribution >= 4 is 5.97 Å². The molecule has 0 bridgehead atoms. The molecule has 10 heteroatoms. The van der Waals surface area contributed by atoms with Gasteiger partial charge in [0.2, 0.25) is 0 Å². The van der Waals surface area contributed by atoms with Crippen molar-refractivity contribution in [3.63, 3.8) is 0 Å². The first-order chi connectivity index (χ1) is 10.8. The van der Waals surface area contributed by atoms with Crippen molar-refractivity contribution in [2.24, 2.45) is 0 Å². The van der Waals surface area contributed by atoms with Gasteiger partial charge in [0.25, 0.3) is 0 Å². The molecule has 1 rings (SSSR count). The van der Waals surface area contributed by atoms with E-state index in [9.17, 15) is 25.2 Å². The minimum Gasteiger partial charge on any atom is -0.467 e. The first kappa shape index (κ1) is 20.2. The fourth-order valence-electron chi connectivity index (χ4n) is 2.26. The van der Waals surface area contributed by atoms with Gasteiger partial charge in [-0.2, -0.15) is 0 Å². The normalized spacial score (nSPS) is 32.1. The molecule has 1 fully saturated rings. The highest BCUT2D eigenvalue weighted by Gasteiger charge is 2.40. The lowest BCUT2D eigenvalue weighted by Gasteiger charge is -2.38. The van der Waals surface area contributed by atoms with E-state index >= 15 is 0 Å². The molecule has 1 heterocycles. The van der Waals surface area contributed by atoms with Crippen molar-refractivity contribution in [2.75, 3.05) is 20.3 Å². The maximum Gasteiger partial charge on any atom is 0.337 e. The summed E-state index contributed by atoms with van der Waals surface area (Å²) in [5.41, 5.74) is 0. The van der Waals surface area contributed by atoms with Crippen LogP contribution in [0.25, 0.3) is 0 Å². The van der Waals surface area contributed by atoms with Crippen LogP contribution in [0.3, 0.4) is 0 Å². The Kier molecular flexibility index (Phi) is 8.29. The van der Waals surface area contributed by atoms with Gasteiger partial charge in [-0.1, -0.05) is 0 Å². The Morgan fingerprint density at radius 3 is 2.48 bits per heavy atom. The van der Waals surface area contributed by atoms with Crippen molar-refractivity contribution in [3.8, 4) is 0 Å². The van der Waals surface area contributed by atoms with E-state index in [0.29, 0.717) is 0 Å². The second kappa shape index (κ2) is 9.45. The maximum atomic E-state index is 11.3. The van der Waals surface area contributed by atoms with E-state index in [1.54, 1.807) is 0 Å². The van der Waals surface area contributed by atoms with Gasteiger partial charge < -0.3 is 44.8 Å². The standard InChI is InChI=1S/C13H24O10/c1-21-13(20)12(19)11(18)7(2-3-14)22-9-4-6(16)10(17)8(5-15)23-9/h6-12,14-19H,2-5H2,1H3. The van der Waals surface area contributed by atoms with Crippen LogP contribution in [0.1, 0.15) is 12.8 Å². The van der Waals surface area contributed by atoms with E-state index in [1.807, 2.05) is 0 Å². The lowest BCUT2D eigenvalue weighted by molar-refractivity contribution is -0.281. The smallest absolute Gasteiger partial charge is 0.337 e. The quantitative estimate of drug-likeness (QED) is 0.244. The van der Waals surface area contributed by atoms with Gasteiger partial charge in [0, 0.05) is 13.0 Å². The molecule has 0 aliphatic carbocycles. The van der Waals surface area contributed by atoms with Gasteiger partial charge in [-0.25, -0.2) is 4.79 Å². The zero-order chi connectivity index (χ0) is 17.6.